The number of aryl methyl sites for hydroxylation is 1. The first-order valence-electron chi connectivity index (χ1n) is 6.61. The van der Waals surface area contributed by atoms with Crippen LogP contribution >= 0.6 is 0 Å². The number of carbonyl (C=O) groups is 2. The highest BCUT2D eigenvalue weighted by Crippen LogP contribution is 2.20. The van der Waals surface area contributed by atoms with Gasteiger partial charge < -0.3 is 9.88 Å². The lowest BCUT2D eigenvalue weighted by molar-refractivity contribution is -0.122. The summed E-state index contributed by atoms with van der Waals surface area (Å²) in [4.78, 5) is 24.9. The third-order valence-corrected chi connectivity index (χ3v) is 3.50. The van der Waals surface area contributed by atoms with Crippen molar-refractivity contribution in [1.82, 2.24) is 14.8 Å². The maximum absolute atomic E-state index is 12.1. The molecule has 1 aromatic heterocycles. The number of hydrogen-bond acceptors (Lipinski definition) is 2. The Morgan fingerprint density at radius 2 is 2.05 bits per heavy atom. The smallest absolute Gasteiger partial charge is 0.329 e. The average Bonchev–Trinajstić information content (AvgIpc) is 2.82. The lowest BCUT2D eigenvalue weighted by Gasteiger charge is -2.07. The first-order valence-corrected chi connectivity index (χ1v) is 6.61. The van der Waals surface area contributed by atoms with E-state index in [1.807, 2.05) is 19.9 Å². The monoisotopic (exact) mass is 273 g/mol. The van der Waals surface area contributed by atoms with Gasteiger partial charge in [0.25, 0.3) is 5.91 Å². The highest BCUT2D eigenvalue weighted by atomic mass is 16.2. The Bertz CT molecular complexity index is 611. The molecule has 0 radical (unpaired) electrons. The molecule has 0 aliphatic carbocycles. The van der Waals surface area contributed by atoms with E-state index in [2.05, 4.69) is 23.4 Å². The van der Waals surface area contributed by atoms with E-state index in [0.29, 0.717) is 5.70 Å². The van der Waals surface area contributed by atoms with Gasteiger partial charge in [-0.3, -0.25) is 9.69 Å². The fraction of sp³-hybridized carbons (Fsp3) is 0.333. The largest absolute Gasteiger partial charge is 0.349 e. The van der Waals surface area contributed by atoms with Crippen LogP contribution in [0.25, 0.3) is 6.08 Å². The first-order chi connectivity index (χ1) is 9.49. The molecule has 106 valence electrons. The maximum Gasteiger partial charge on any atom is 0.329 e. The number of nitrogens with one attached hydrogen (secondary N) is 1. The Labute approximate surface area is 118 Å². The molecule has 0 atom stereocenters. The van der Waals surface area contributed by atoms with Crippen LogP contribution < -0.4 is 5.32 Å². The van der Waals surface area contributed by atoms with Crippen LogP contribution in [0.15, 0.2) is 24.4 Å². The van der Waals surface area contributed by atoms with Crippen LogP contribution in [-0.2, 0) is 11.3 Å². The van der Waals surface area contributed by atoms with Gasteiger partial charge in [0.1, 0.15) is 5.70 Å². The maximum atomic E-state index is 12.1. The van der Waals surface area contributed by atoms with E-state index < -0.39 is 6.03 Å². The number of carbonyl (C=O) groups excluding carboxylic acids is 2. The molecule has 2 heterocycles. The summed E-state index contributed by atoms with van der Waals surface area (Å²) in [6.45, 7) is 10.7. The van der Waals surface area contributed by atoms with Crippen LogP contribution in [0.3, 0.4) is 0 Å². The highest BCUT2D eigenvalue weighted by Gasteiger charge is 2.32. The van der Waals surface area contributed by atoms with Gasteiger partial charge in [0.15, 0.2) is 0 Å². The Morgan fingerprint density at radius 3 is 2.60 bits per heavy atom. The summed E-state index contributed by atoms with van der Waals surface area (Å²) in [5.41, 5.74) is 3.49. The highest BCUT2D eigenvalue weighted by molar-refractivity contribution is 6.14. The first kappa shape index (κ1) is 14.1. The van der Waals surface area contributed by atoms with Crippen molar-refractivity contribution in [3.8, 4) is 0 Å². The van der Waals surface area contributed by atoms with Gasteiger partial charge >= 0.3 is 6.03 Å². The zero-order valence-corrected chi connectivity index (χ0v) is 12.1. The van der Waals surface area contributed by atoms with Gasteiger partial charge in [-0.15, -0.1) is 6.58 Å². The number of aromatic nitrogens is 1. The molecule has 1 N–H and O–H groups in total. The SMILES string of the molecule is C=CCN1C(=O)N/C(=C\c2cc(C)n(CC)c2C)C1=O. The fourth-order valence-electron chi connectivity index (χ4n) is 2.48. The zero-order chi connectivity index (χ0) is 14.9. The number of imide groups is 1. The van der Waals surface area contributed by atoms with Crippen LogP contribution in [0.5, 0.6) is 0 Å². The van der Waals surface area contributed by atoms with Gasteiger partial charge in [0.05, 0.1) is 0 Å². The molecule has 0 bridgehead atoms. The zero-order valence-electron chi connectivity index (χ0n) is 12.1. The number of urea groups is 1. The molecular weight excluding hydrogens is 254 g/mol. The molecule has 20 heavy (non-hydrogen) atoms. The van der Waals surface area contributed by atoms with Crippen LogP contribution in [-0.4, -0.2) is 28.0 Å². The molecule has 1 aliphatic rings. The third kappa shape index (κ3) is 2.27. The van der Waals surface area contributed by atoms with Crippen molar-refractivity contribution in [3.63, 3.8) is 0 Å². The van der Waals surface area contributed by atoms with Gasteiger partial charge in [-0.05, 0) is 38.5 Å². The Morgan fingerprint density at radius 1 is 1.35 bits per heavy atom. The van der Waals surface area contributed by atoms with E-state index in [9.17, 15) is 9.59 Å². The molecule has 3 amide bonds. The summed E-state index contributed by atoms with van der Waals surface area (Å²) < 4.78 is 2.16. The molecule has 1 aliphatic heterocycles. The summed E-state index contributed by atoms with van der Waals surface area (Å²) >= 11 is 0. The molecule has 5 nitrogen and oxygen atoms in total. The molecule has 1 saturated heterocycles. The lowest BCUT2D eigenvalue weighted by Crippen LogP contribution is -2.30. The van der Waals surface area contributed by atoms with Gasteiger partial charge in [-0.2, -0.15) is 0 Å². The van der Waals surface area contributed by atoms with E-state index in [1.54, 1.807) is 6.08 Å². The van der Waals surface area contributed by atoms with E-state index in [0.717, 1.165) is 28.4 Å². The standard InChI is InChI=1S/C15H19N3O2/c1-5-7-18-14(19)13(16-15(18)20)9-12-8-10(3)17(6-2)11(12)4/h5,8-9H,1,6-7H2,2-4H3,(H,16,20)/b13-9-. The summed E-state index contributed by atoms with van der Waals surface area (Å²) in [7, 11) is 0. The van der Waals surface area contributed by atoms with Crippen molar-refractivity contribution in [2.75, 3.05) is 6.54 Å². The fourth-order valence-corrected chi connectivity index (χ4v) is 2.48. The van der Waals surface area contributed by atoms with Gasteiger partial charge in [-0.25, -0.2) is 4.79 Å². The van der Waals surface area contributed by atoms with Crippen molar-refractivity contribution in [2.45, 2.75) is 27.3 Å². The van der Waals surface area contributed by atoms with Gasteiger partial charge in [-0.1, -0.05) is 6.08 Å². The van der Waals surface area contributed by atoms with Gasteiger partial charge in [0, 0.05) is 24.5 Å². The minimum atomic E-state index is -0.398. The number of amides is 3. The summed E-state index contributed by atoms with van der Waals surface area (Å²) in [6.07, 6.45) is 3.27. The Hall–Kier alpha value is -2.30. The van der Waals surface area contributed by atoms with Crippen molar-refractivity contribution in [2.24, 2.45) is 0 Å². The summed E-state index contributed by atoms with van der Waals surface area (Å²) in [5.74, 6) is -0.309. The van der Waals surface area contributed by atoms with E-state index in [1.165, 1.54) is 6.08 Å². The van der Waals surface area contributed by atoms with Crippen LogP contribution in [0, 0.1) is 13.8 Å². The summed E-state index contributed by atoms with van der Waals surface area (Å²) in [5, 5.41) is 2.60. The molecule has 0 saturated carbocycles. The normalized spacial score (nSPS) is 16.9. The quantitative estimate of drug-likeness (QED) is 0.519. The topological polar surface area (TPSA) is 54.3 Å². The number of hydrogen-bond donors (Lipinski definition) is 1. The van der Waals surface area contributed by atoms with Crippen molar-refractivity contribution in [1.29, 1.82) is 0 Å². The van der Waals surface area contributed by atoms with Crippen LogP contribution in [0.2, 0.25) is 0 Å². The van der Waals surface area contributed by atoms with E-state index >= 15 is 0 Å². The molecule has 0 spiro atoms. The predicted octanol–water partition coefficient (Wildman–Crippen LogP) is 2.20. The molecule has 0 aromatic carbocycles. The van der Waals surface area contributed by atoms with Crippen molar-refractivity contribution >= 4 is 18.0 Å². The van der Waals surface area contributed by atoms with Crippen molar-refractivity contribution < 1.29 is 9.59 Å². The lowest BCUT2D eigenvalue weighted by atomic mass is 10.2. The minimum absolute atomic E-state index is 0.218. The predicted molar refractivity (Wildman–Crippen MR) is 78.0 cm³/mol. The minimum Gasteiger partial charge on any atom is -0.349 e. The average molecular weight is 273 g/mol. The molecule has 2 rings (SSSR count). The summed E-state index contributed by atoms with van der Waals surface area (Å²) in [6, 6.07) is 1.62. The van der Waals surface area contributed by atoms with Crippen LogP contribution in [0.1, 0.15) is 23.9 Å². The molecule has 1 fully saturated rings. The van der Waals surface area contributed by atoms with E-state index in [-0.39, 0.29) is 12.5 Å². The van der Waals surface area contributed by atoms with E-state index in [4.69, 9.17) is 0 Å². The second-order valence-corrected chi connectivity index (χ2v) is 4.76. The Kier molecular flexibility index (Phi) is 3.79. The molecule has 0 unspecified atom stereocenters. The Balaban J connectivity index is 2.35. The number of nitrogens with zero attached hydrogens (tertiary/aromatic N) is 2. The molecular formula is C15H19N3O2. The molecule has 1 aromatic rings. The van der Waals surface area contributed by atoms with Crippen molar-refractivity contribution in [3.05, 3.63) is 41.4 Å². The third-order valence-electron chi connectivity index (χ3n) is 3.50. The molecule has 5 heteroatoms. The second kappa shape index (κ2) is 5.36. The number of rotatable bonds is 4. The second-order valence-electron chi connectivity index (χ2n) is 4.76. The van der Waals surface area contributed by atoms with Gasteiger partial charge in [0.2, 0.25) is 0 Å². The van der Waals surface area contributed by atoms with Crippen LogP contribution in [0.4, 0.5) is 4.79 Å².